The van der Waals surface area contributed by atoms with Crippen LogP contribution in [0.15, 0.2) is 18.2 Å². The average molecular weight is 224 g/mol. The van der Waals surface area contributed by atoms with Crippen molar-refractivity contribution in [3.8, 4) is 0 Å². The molecule has 1 atom stereocenters. The van der Waals surface area contributed by atoms with Crippen molar-refractivity contribution in [3.05, 3.63) is 34.3 Å². The molecule has 1 aromatic carbocycles. The van der Waals surface area contributed by atoms with Crippen LogP contribution in [0.5, 0.6) is 0 Å². The summed E-state index contributed by atoms with van der Waals surface area (Å²) in [6.07, 6.45) is 3.47. The van der Waals surface area contributed by atoms with Crippen LogP contribution in [0.1, 0.15) is 43.7 Å². The van der Waals surface area contributed by atoms with Gasteiger partial charge in [-0.3, -0.25) is 0 Å². The van der Waals surface area contributed by atoms with E-state index in [-0.39, 0.29) is 5.54 Å². The lowest BCUT2D eigenvalue weighted by molar-refractivity contribution is 0.368. The van der Waals surface area contributed by atoms with Crippen molar-refractivity contribution in [3.63, 3.8) is 0 Å². The predicted molar refractivity (Wildman–Crippen MR) is 65.4 cm³/mol. The Morgan fingerprint density at radius 2 is 2.13 bits per heavy atom. The fourth-order valence-electron chi connectivity index (χ4n) is 2.58. The average Bonchev–Trinajstić information content (AvgIpc) is 2.16. The van der Waals surface area contributed by atoms with Gasteiger partial charge in [-0.05, 0) is 50.3 Å². The van der Waals surface area contributed by atoms with Gasteiger partial charge in [-0.15, -0.1) is 0 Å². The third-order valence-corrected chi connectivity index (χ3v) is 3.70. The first kappa shape index (κ1) is 11.0. The Hall–Kier alpha value is -0.530. The summed E-state index contributed by atoms with van der Waals surface area (Å²) >= 11 is 6.22. The zero-order chi connectivity index (χ0) is 11.1. The molecule has 0 radical (unpaired) electrons. The van der Waals surface area contributed by atoms with Gasteiger partial charge in [0.25, 0.3) is 0 Å². The second kappa shape index (κ2) is 3.80. The monoisotopic (exact) mass is 223 g/mol. The van der Waals surface area contributed by atoms with E-state index in [1.54, 1.807) is 0 Å². The largest absolute Gasteiger partial charge is 0.325 e. The van der Waals surface area contributed by atoms with E-state index in [9.17, 15) is 0 Å². The lowest BCUT2D eigenvalue weighted by atomic mass is 9.73. The molecule has 1 unspecified atom stereocenters. The topological polar surface area (TPSA) is 26.0 Å². The van der Waals surface area contributed by atoms with Crippen LogP contribution in [0.2, 0.25) is 5.02 Å². The summed E-state index contributed by atoms with van der Waals surface area (Å²) in [4.78, 5) is 0. The first-order valence-corrected chi connectivity index (χ1v) is 5.94. The first-order valence-electron chi connectivity index (χ1n) is 5.56. The molecule has 2 heteroatoms. The van der Waals surface area contributed by atoms with Crippen molar-refractivity contribution in [2.75, 3.05) is 0 Å². The molecule has 2 N–H and O–H groups in total. The number of halogens is 1. The van der Waals surface area contributed by atoms with Crippen LogP contribution in [0.25, 0.3) is 0 Å². The molecule has 0 spiro atoms. The molecule has 2 rings (SSSR count). The van der Waals surface area contributed by atoms with E-state index in [1.807, 2.05) is 12.1 Å². The van der Waals surface area contributed by atoms with E-state index in [2.05, 4.69) is 19.9 Å². The van der Waals surface area contributed by atoms with Gasteiger partial charge in [0.15, 0.2) is 0 Å². The maximum atomic E-state index is 6.23. The Bertz CT molecular complexity index is 365. The normalized spacial score (nSPS) is 21.2. The van der Waals surface area contributed by atoms with Crippen molar-refractivity contribution in [2.24, 2.45) is 5.73 Å². The summed E-state index contributed by atoms with van der Waals surface area (Å²) in [5.41, 5.74) is 8.76. The molecule has 0 bridgehead atoms. The highest BCUT2D eigenvalue weighted by Crippen LogP contribution is 2.40. The van der Waals surface area contributed by atoms with Gasteiger partial charge in [0, 0.05) is 16.5 Å². The number of nitrogens with two attached hydrogens (primary N) is 1. The summed E-state index contributed by atoms with van der Waals surface area (Å²) in [5, 5.41) is 0.904. The SMILES string of the molecule is CC(C)(N)C1CCCc2c(Cl)cccc21. The minimum Gasteiger partial charge on any atom is -0.325 e. The second-order valence-corrected chi connectivity index (χ2v) is 5.48. The van der Waals surface area contributed by atoms with E-state index < -0.39 is 0 Å². The van der Waals surface area contributed by atoms with E-state index in [4.69, 9.17) is 17.3 Å². The number of rotatable bonds is 1. The first-order chi connectivity index (χ1) is 7.00. The number of hydrogen-bond donors (Lipinski definition) is 1. The molecule has 1 aliphatic rings. The van der Waals surface area contributed by atoms with Gasteiger partial charge < -0.3 is 5.73 Å². The van der Waals surface area contributed by atoms with Gasteiger partial charge in [0.1, 0.15) is 0 Å². The van der Waals surface area contributed by atoms with Gasteiger partial charge in [0.05, 0.1) is 0 Å². The highest BCUT2D eigenvalue weighted by Gasteiger charge is 2.31. The summed E-state index contributed by atoms with van der Waals surface area (Å²) in [6.45, 7) is 4.21. The number of benzene rings is 1. The summed E-state index contributed by atoms with van der Waals surface area (Å²) in [7, 11) is 0. The summed E-state index contributed by atoms with van der Waals surface area (Å²) in [6, 6.07) is 6.19. The lowest BCUT2D eigenvalue weighted by Gasteiger charge is -2.35. The molecule has 0 aliphatic heterocycles. The zero-order valence-electron chi connectivity index (χ0n) is 9.39. The van der Waals surface area contributed by atoms with Crippen LogP contribution < -0.4 is 5.73 Å². The van der Waals surface area contributed by atoms with E-state index >= 15 is 0 Å². The lowest BCUT2D eigenvalue weighted by Crippen LogP contribution is -2.40. The quantitative estimate of drug-likeness (QED) is 0.775. The van der Waals surface area contributed by atoms with Gasteiger partial charge >= 0.3 is 0 Å². The maximum absolute atomic E-state index is 6.23. The second-order valence-electron chi connectivity index (χ2n) is 5.07. The Balaban J connectivity index is 2.48. The van der Waals surface area contributed by atoms with Crippen LogP contribution in [-0.2, 0) is 6.42 Å². The molecule has 1 aromatic rings. The van der Waals surface area contributed by atoms with E-state index in [0.717, 1.165) is 11.4 Å². The molecule has 0 heterocycles. The number of hydrogen-bond acceptors (Lipinski definition) is 1. The third kappa shape index (κ3) is 2.04. The fourth-order valence-corrected chi connectivity index (χ4v) is 2.85. The minimum atomic E-state index is -0.153. The van der Waals surface area contributed by atoms with Crippen LogP contribution in [0.3, 0.4) is 0 Å². The highest BCUT2D eigenvalue weighted by atomic mass is 35.5. The molecule has 82 valence electrons. The van der Waals surface area contributed by atoms with Crippen molar-refractivity contribution in [2.45, 2.75) is 44.6 Å². The van der Waals surface area contributed by atoms with Crippen molar-refractivity contribution < 1.29 is 0 Å². The summed E-state index contributed by atoms with van der Waals surface area (Å²) < 4.78 is 0. The van der Waals surface area contributed by atoms with Crippen molar-refractivity contribution in [1.29, 1.82) is 0 Å². The minimum absolute atomic E-state index is 0.153. The summed E-state index contributed by atoms with van der Waals surface area (Å²) in [5.74, 6) is 0.444. The zero-order valence-corrected chi connectivity index (χ0v) is 10.1. The van der Waals surface area contributed by atoms with Crippen LogP contribution in [0, 0.1) is 0 Å². The molecular weight excluding hydrogens is 206 g/mol. The van der Waals surface area contributed by atoms with Crippen LogP contribution in [-0.4, -0.2) is 5.54 Å². The van der Waals surface area contributed by atoms with Crippen molar-refractivity contribution in [1.82, 2.24) is 0 Å². The smallest absolute Gasteiger partial charge is 0.0440 e. The highest BCUT2D eigenvalue weighted by molar-refractivity contribution is 6.31. The van der Waals surface area contributed by atoms with Crippen LogP contribution >= 0.6 is 11.6 Å². The van der Waals surface area contributed by atoms with Crippen molar-refractivity contribution >= 4 is 11.6 Å². The van der Waals surface area contributed by atoms with Gasteiger partial charge in [-0.25, -0.2) is 0 Å². The fraction of sp³-hybridized carbons (Fsp3) is 0.538. The van der Waals surface area contributed by atoms with Gasteiger partial charge in [-0.2, -0.15) is 0 Å². The molecular formula is C13H18ClN. The molecule has 15 heavy (non-hydrogen) atoms. The number of fused-ring (bicyclic) bond motifs is 1. The molecule has 1 aliphatic carbocycles. The predicted octanol–water partition coefficient (Wildman–Crippen LogP) is 3.50. The Labute approximate surface area is 96.6 Å². The Morgan fingerprint density at radius 1 is 1.40 bits per heavy atom. The van der Waals surface area contributed by atoms with Gasteiger partial charge in [-0.1, -0.05) is 23.7 Å². The van der Waals surface area contributed by atoms with E-state index in [0.29, 0.717) is 5.92 Å². The van der Waals surface area contributed by atoms with E-state index in [1.165, 1.54) is 24.0 Å². The van der Waals surface area contributed by atoms with Crippen LogP contribution in [0.4, 0.5) is 0 Å². The third-order valence-electron chi connectivity index (χ3n) is 3.35. The Morgan fingerprint density at radius 3 is 2.80 bits per heavy atom. The maximum Gasteiger partial charge on any atom is 0.0440 e. The van der Waals surface area contributed by atoms with Gasteiger partial charge in [0.2, 0.25) is 0 Å². The molecule has 0 aromatic heterocycles. The Kier molecular flexibility index (Phi) is 2.78. The molecule has 0 amide bonds. The molecule has 0 saturated carbocycles. The molecule has 0 fully saturated rings. The standard InChI is InChI=1S/C13H18ClN/c1-13(2,15)11-7-3-6-10-9(11)5-4-8-12(10)14/h4-5,8,11H,3,6-7,15H2,1-2H3. The molecule has 0 saturated heterocycles. The molecule has 1 nitrogen and oxygen atoms in total.